The van der Waals surface area contributed by atoms with Gasteiger partial charge in [0, 0.05) is 32.6 Å². The highest BCUT2D eigenvalue weighted by Gasteiger charge is 2.42. The molecular formula is C39H52F2N6O8. The molecule has 3 heterocycles. The van der Waals surface area contributed by atoms with Crippen LogP contribution < -0.4 is 16.0 Å². The van der Waals surface area contributed by atoms with Gasteiger partial charge in [0.05, 0.1) is 0 Å². The summed E-state index contributed by atoms with van der Waals surface area (Å²) in [7, 11) is 1.43. The summed E-state index contributed by atoms with van der Waals surface area (Å²) in [6.45, 7) is 2.67. The van der Waals surface area contributed by atoms with E-state index in [9.17, 15) is 42.3 Å². The fourth-order valence-corrected chi connectivity index (χ4v) is 7.83. The van der Waals surface area contributed by atoms with Crippen LogP contribution >= 0.6 is 0 Å². The highest BCUT2D eigenvalue weighted by Crippen LogP contribution is 2.25. The van der Waals surface area contributed by atoms with Crippen molar-refractivity contribution in [2.75, 3.05) is 26.7 Å². The Morgan fingerprint density at radius 3 is 2.20 bits per heavy atom. The summed E-state index contributed by atoms with van der Waals surface area (Å²) in [6, 6.07) is -4.32. The average Bonchev–Trinajstić information content (AvgIpc) is 3.66. The monoisotopic (exact) mass is 770 g/mol. The first kappa shape index (κ1) is 41.3. The molecular weight excluding hydrogens is 718 g/mol. The van der Waals surface area contributed by atoms with Crippen LogP contribution in [-0.4, -0.2) is 119 Å². The zero-order valence-electron chi connectivity index (χ0n) is 31.7. The summed E-state index contributed by atoms with van der Waals surface area (Å²) in [5, 5.41) is 7.85. The Hall–Kier alpha value is -4.89. The first-order valence-corrected chi connectivity index (χ1v) is 19.3. The van der Waals surface area contributed by atoms with Crippen LogP contribution in [-0.2, 0) is 44.7 Å². The number of amides is 6. The largest absolute Gasteiger partial charge is 0.461 e. The lowest BCUT2D eigenvalue weighted by Gasteiger charge is -2.40. The van der Waals surface area contributed by atoms with Gasteiger partial charge in [-0.15, -0.1) is 0 Å². The van der Waals surface area contributed by atoms with Crippen molar-refractivity contribution >= 4 is 41.4 Å². The van der Waals surface area contributed by atoms with Crippen LogP contribution in [0.3, 0.4) is 0 Å². The Labute approximate surface area is 319 Å². The van der Waals surface area contributed by atoms with E-state index in [2.05, 4.69) is 16.0 Å². The molecule has 1 saturated carbocycles. The van der Waals surface area contributed by atoms with Crippen LogP contribution in [0.1, 0.15) is 83.6 Å². The van der Waals surface area contributed by atoms with Crippen molar-refractivity contribution in [3.63, 3.8) is 0 Å². The first-order chi connectivity index (χ1) is 26.2. The van der Waals surface area contributed by atoms with E-state index in [4.69, 9.17) is 4.74 Å². The smallest absolute Gasteiger partial charge is 0.328 e. The van der Waals surface area contributed by atoms with E-state index in [1.54, 1.807) is 6.08 Å². The van der Waals surface area contributed by atoms with E-state index in [0.29, 0.717) is 25.3 Å². The lowest BCUT2D eigenvalue weighted by Crippen LogP contribution is -2.62. The molecule has 0 radical (unpaired) electrons. The highest BCUT2D eigenvalue weighted by molar-refractivity contribution is 5.98. The fourth-order valence-electron chi connectivity index (χ4n) is 7.83. The van der Waals surface area contributed by atoms with Gasteiger partial charge in [-0.2, -0.15) is 0 Å². The molecule has 3 N–H and O–H groups in total. The van der Waals surface area contributed by atoms with Crippen LogP contribution in [0.2, 0.25) is 0 Å². The lowest BCUT2D eigenvalue weighted by atomic mass is 9.89. The van der Waals surface area contributed by atoms with Gasteiger partial charge in [-0.25, -0.2) is 13.6 Å². The van der Waals surface area contributed by atoms with Gasteiger partial charge in [-0.05, 0) is 88.5 Å². The number of piperidine rings is 1. The Kier molecular flexibility index (Phi) is 14.0. The summed E-state index contributed by atoms with van der Waals surface area (Å²) in [4.78, 5) is 99.6. The summed E-state index contributed by atoms with van der Waals surface area (Å²) < 4.78 is 34.1. The predicted octanol–water partition coefficient (Wildman–Crippen LogP) is 1.89. The van der Waals surface area contributed by atoms with E-state index in [1.807, 2.05) is 0 Å². The molecule has 0 bridgehead atoms. The van der Waals surface area contributed by atoms with Gasteiger partial charge in [0.2, 0.25) is 35.4 Å². The minimum absolute atomic E-state index is 0.0630. The molecule has 3 saturated heterocycles. The predicted molar refractivity (Wildman–Crippen MR) is 195 cm³/mol. The number of halogens is 2. The van der Waals surface area contributed by atoms with E-state index in [1.165, 1.54) is 41.7 Å². The molecule has 3 aliphatic heterocycles. The summed E-state index contributed by atoms with van der Waals surface area (Å²) >= 11 is 0. The molecule has 4 aliphatic rings. The summed E-state index contributed by atoms with van der Waals surface area (Å²) in [5.74, 6) is -6.33. The second-order valence-corrected chi connectivity index (χ2v) is 15.1. The van der Waals surface area contributed by atoms with E-state index in [-0.39, 0.29) is 43.8 Å². The number of benzene rings is 1. The quantitative estimate of drug-likeness (QED) is 0.279. The van der Waals surface area contributed by atoms with Crippen molar-refractivity contribution in [3.8, 4) is 0 Å². The molecule has 1 aromatic rings. The maximum Gasteiger partial charge on any atom is 0.328 e. The fraction of sp³-hybridized carbons (Fsp3) is 0.615. The molecule has 14 nitrogen and oxygen atoms in total. The number of hydrogen-bond donors (Lipinski definition) is 3. The third kappa shape index (κ3) is 10.5. The number of carbonyl (C=O) groups excluding carboxylic acids is 7. The standard InChI is InChI=1S/C39H52F2N6O8/c1-23-36(51)47-17-9-13-32(47)39(54)55-22-30(37(52)46-16-8-7-12-31(46)38(53)45(3)24(2)34(49)42-23)44-35(50)29(20-26-18-27(40)21-28(41)19-26)43-33(48)15-14-25-10-5-4-6-11-25/h14-15,18-19,21,23-25,29-32H,4-13,16-17,20,22H2,1-3H3,(H,42,49)(H,43,48)(H,44,50)/t23-,24-,29-,30-,31-,32-/m0/s1. The van der Waals surface area contributed by atoms with E-state index in [0.717, 1.165) is 44.2 Å². The van der Waals surface area contributed by atoms with Crippen LogP contribution in [0.25, 0.3) is 0 Å². The molecule has 0 unspecified atom stereocenters. The molecule has 16 heteroatoms. The maximum atomic E-state index is 14.4. The number of hydrogen-bond acceptors (Lipinski definition) is 8. The zero-order chi connectivity index (χ0) is 39.8. The Morgan fingerprint density at radius 1 is 0.855 bits per heavy atom. The van der Waals surface area contributed by atoms with Crippen LogP contribution in [0.4, 0.5) is 8.78 Å². The van der Waals surface area contributed by atoms with Crippen LogP contribution in [0.15, 0.2) is 30.4 Å². The third-order valence-electron chi connectivity index (χ3n) is 11.1. The Balaban J connectivity index is 1.45. The number of nitrogens with zero attached hydrogens (tertiary/aromatic N) is 3. The number of carbonyl (C=O) groups is 7. The van der Waals surface area contributed by atoms with Crippen molar-refractivity contribution in [2.24, 2.45) is 5.92 Å². The van der Waals surface area contributed by atoms with E-state index < -0.39 is 95.9 Å². The van der Waals surface area contributed by atoms with Crippen molar-refractivity contribution < 1.29 is 47.1 Å². The molecule has 6 amide bonds. The van der Waals surface area contributed by atoms with Gasteiger partial charge in [0.15, 0.2) is 0 Å². The van der Waals surface area contributed by atoms with Gasteiger partial charge < -0.3 is 35.4 Å². The van der Waals surface area contributed by atoms with Crippen molar-refractivity contribution in [1.82, 2.24) is 30.7 Å². The van der Waals surface area contributed by atoms with Crippen LogP contribution in [0, 0.1) is 17.6 Å². The SMILES string of the molecule is C[C@@H]1NC(=O)[C@H](C)N(C)C(=O)[C@@H]2CCCCN2C(=O)[C@@H](NC(=O)[C@H](Cc2cc(F)cc(F)c2)NC(=O)C=CC2CCCCC2)COC(=O)[C@@H]2CCCN2C1=O. The number of nitrogens with one attached hydrogen (secondary N) is 3. The van der Waals surface area contributed by atoms with Crippen molar-refractivity contribution in [2.45, 2.75) is 121 Å². The Bertz CT molecular complexity index is 1650. The van der Waals surface area contributed by atoms with E-state index >= 15 is 0 Å². The Morgan fingerprint density at radius 2 is 1.49 bits per heavy atom. The number of allylic oxidation sites excluding steroid dienone is 1. The zero-order valence-corrected chi connectivity index (χ0v) is 31.7. The third-order valence-corrected chi connectivity index (χ3v) is 11.1. The maximum absolute atomic E-state index is 14.4. The number of esters is 1. The molecule has 6 atom stereocenters. The highest BCUT2D eigenvalue weighted by atomic mass is 19.1. The number of likely N-dealkylation sites (N-methyl/N-ethyl adjacent to an activating group) is 1. The molecule has 0 spiro atoms. The van der Waals surface area contributed by atoms with Gasteiger partial charge in [0.25, 0.3) is 0 Å². The lowest BCUT2D eigenvalue weighted by molar-refractivity contribution is -0.159. The summed E-state index contributed by atoms with van der Waals surface area (Å²) in [5.41, 5.74) is 0.0630. The average molecular weight is 771 g/mol. The summed E-state index contributed by atoms with van der Waals surface area (Å²) in [6.07, 6.45) is 9.93. The number of cyclic esters (lactones) is 1. The van der Waals surface area contributed by atoms with Crippen molar-refractivity contribution in [3.05, 3.63) is 47.5 Å². The van der Waals surface area contributed by atoms with Gasteiger partial charge in [-0.1, -0.05) is 25.3 Å². The normalized spacial score (nSPS) is 27.0. The molecule has 4 fully saturated rings. The van der Waals surface area contributed by atoms with Crippen LogP contribution in [0.5, 0.6) is 0 Å². The number of ether oxygens (including phenoxy) is 1. The second-order valence-electron chi connectivity index (χ2n) is 15.1. The molecule has 55 heavy (non-hydrogen) atoms. The minimum atomic E-state index is -1.56. The molecule has 5 rings (SSSR count). The van der Waals surface area contributed by atoms with Crippen molar-refractivity contribution in [1.29, 1.82) is 0 Å². The molecule has 1 aromatic carbocycles. The minimum Gasteiger partial charge on any atom is -0.461 e. The number of rotatable bonds is 7. The van der Waals surface area contributed by atoms with Gasteiger partial charge in [0.1, 0.15) is 54.5 Å². The second kappa shape index (κ2) is 18.6. The first-order valence-electron chi connectivity index (χ1n) is 19.3. The molecule has 300 valence electrons. The molecule has 0 aromatic heterocycles. The topological polar surface area (TPSA) is 175 Å². The van der Waals surface area contributed by atoms with Gasteiger partial charge >= 0.3 is 5.97 Å². The number of fused-ring (bicyclic) bond motifs is 2. The van der Waals surface area contributed by atoms with Gasteiger partial charge in [-0.3, -0.25) is 28.8 Å². The molecule has 1 aliphatic carbocycles.